The Bertz CT molecular complexity index is 1260. The van der Waals surface area contributed by atoms with Crippen LogP contribution in [-0.4, -0.2) is 48.4 Å². The lowest BCUT2D eigenvalue weighted by molar-refractivity contribution is -0.131. The van der Waals surface area contributed by atoms with Crippen LogP contribution < -0.4 is 10.6 Å². The lowest BCUT2D eigenvalue weighted by atomic mass is 9.98. The van der Waals surface area contributed by atoms with Crippen LogP contribution in [0.15, 0.2) is 91.0 Å². The molecule has 0 radical (unpaired) electrons. The van der Waals surface area contributed by atoms with E-state index in [1.807, 2.05) is 66.7 Å². The summed E-state index contributed by atoms with van der Waals surface area (Å²) in [6.45, 7) is 2.02. The largest absolute Gasteiger partial charge is 0.478 e. The summed E-state index contributed by atoms with van der Waals surface area (Å²) in [4.78, 5) is 36.5. The van der Waals surface area contributed by atoms with E-state index in [1.54, 1.807) is 6.92 Å². The lowest BCUT2D eigenvalue weighted by Crippen LogP contribution is -2.53. The zero-order valence-electron chi connectivity index (χ0n) is 21.0. The summed E-state index contributed by atoms with van der Waals surface area (Å²) in [7, 11) is 0. The quantitative estimate of drug-likeness (QED) is 0.330. The molecule has 0 aromatic heterocycles. The van der Waals surface area contributed by atoms with Crippen molar-refractivity contribution in [3.05, 3.63) is 108 Å². The van der Waals surface area contributed by atoms with E-state index in [1.165, 1.54) is 6.08 Å². The molecule has 8 nitrogen and oxygen atoms in total. The topological polar surface area (TPSA) is 114 Å². The third kappa shape index (κ3) is 6.66. The van der Waals surface area contributed by atoms with Gasteiger partial charge in [-0.3, -0.25) is 4.79 Å². The summed E-state index contributed by atoms with van der Waals surface area (Å²) in [6.07, 6.45) is 0.798. The molecule has 3 aromatic rings. The van der Waals surface area contributed by atoms with Gasteiger partial charge in [-0.25, -0.2) is 9.59 Å². The van der Waals surface area contributed by atoms with Crippen LogP contribution in [0.1, 0.15) is 29.5 Å². The summed E-state index contributed by atoms with van der Waals surface area (Å²) < 4.78 is 11.5. The highest BCUT2D eigenvalue weighted by molar-refractivity contribution is 5.86. The van der Waals surface area contributed by atoms with E-state index in [4.69, 9.17) is 14.6 Å². The van der Waals surface area contributed by atoms with E-state index < -0.39 is 30.1 Å². The number of alkyl carbamates (subject to hydrolysis) is 1. The molecule has 38 heavy (non-hydrogen) atoms. The minimum absolute atomic E-state index is 0.0145. The summed E-state index contributed by atoms with van der Waals surface area (Å²) >= 11 is 0. The summed E-state index contributed by atoms with van der Waals surface area (Å²) in [5.74, 6) is -1.76. The molecule has 3 aromatic carbocycles. The number of ether oxygens (including phenoxy) is 2. The monoisotopic (exact) mass is 514 g/mol. The molecule has 0 saturated heterocycles. The Balaban J connectivity index is 1.41. The smallest absolute Gasteiger partial charge is 0.407 e. The van der Waals surface area contributed by atoms with Crippen LogP contribution in [-0.2, 0) is 25.7 Å². The molecular formula is C30H30N2O6. The van der Waals surface area contributed by atoms with Gasteiger partial charge in [0.05, 0.1) is 12.7 Å². The summed E-state index contributed by atoms with van der Waals surface area (Å²) in [5, 5.41) is 14.0. The first-order valence-electron chi connectivity index (χ1n) is 12.4. The molecule has 2 amide bonds. The Morgan fingerprint density at radius 3 is 2.16 bits per heavy atom. The Morgan fingerprint density at radius 1 is 0.921 bits per heavy atom. The van der Waals surface area contributed by atoms with Crippen LogP contribution in [0, 0.1) is 0 Å². The molecule has 2 unspecified atom stereocenters. The Morgan fingerprint density at radius 2 is 1.53 bits per heavy atom. The summed E-state index contributed by atoms with van der Waals surface area (Å²) in [5.41, 5.74) is 5.32. The van der Waals surface area contributed by atoms with Crippen molar-refractivity contribution in [2.75, 3.05) is 13.2 Å². The number of amides is 2. The molecule has 0 heterocycles. The van der Waals surface area contributed by atoms with Gasteiger partial charge in [0.25, 0.3) is 0 Å². The van der Waals surface area contributed by atoms with E-state index in [0.29, 0.717) is 0 Å². The molecule has 1 aliphatic carbocycles. The van der Waals surface area contributed by atoms with E-state index in [0.717, 1.165) is 33.9 Å². The number of carbonyl (C=O) groups is 3. The highest BCUT2D eigenvalue weighted by Crippen LogP contribution is 2.44. The second kappa shape index (κ2) is 12.7. The first kappa shape index (κ1) is 26.6. The molecular weight excluding hydrogens is 484 g/mol. The number of benzene rings is 3. The average Bonchev–Trinajstić information content (AvgIpc) is 3.25. The molecule has 0 spiro atoms. The molecule has 0 fully saturated rings. The zero-order chi connectivity index (χ0) is 26.9. The Labute approximate surface area is 221 Å². The number of carboxylic acid groups (broad SMARTS) is 1. The standard InChI is InChI=1S/C30H30N2O6/c1-20(37-18-21-10-3-2-4-11-21)28(29(35)31-17-9-16-27(33)34)32-30(36)38-19-26-24-14-7-5-12-22(24)23-13-6-8-15-25(23)26/h2-16,20,26,28H,17-19H2,1H3,(H,31,35)(H,32,36)(H,33,34)/b16-9+. The van der Waals surface area contributed by atoms with Crippen molar-refractivity contribution in [2.45, 2.75) is 31.6 Å². The fraction of sp³-hybridized carbons (Fsp3) is 0.233. The van der Waals surface area contributed by atoms with Crippen LogP contribution in [0.3, 0.4) is 0 Å². The van der Waals surface area contributed by atoms with Gasteiger partial charge < -0.3 is 25.2 Å². The third-order valence-electron chi connectivity index (χ3n) is 6.38. The number of aliphatic carboxylic acids is 1. The predicted molar refractivity (Wildman–Crippen MR) is 142 cm³/mol. The zero-order valence-corrected chi connectivity index (χ0v) is 21.0. The molecule has 196 valence electrons. The van der Waals surface area contributed by atoms with Crippen LogP contribution in [0.25, 0.3) is 11.1 Å². The van der Waals surface area contributed by atoms with Crippen molar-refractivity contribution in [3.8, 4) is 11.1 Å². The molecule has 0 saturated carbocycles. The SMILES string of the molecule is CC(OCc1ccccc1)C(NC(=O)OCC1c2ccccc2-c2ccccc21)C(=O)NC/C=C/C(=O)O. The highest BCUT2D eigenvalue weighted by atomic mass is 16.5. The van der Waals surface area contributed by atoms with Gasteiger partial charge >= 0.3 is 12.1 Å². The molecule has 0 aliphatic heterocycles. The van der Waals surface area contributed by atoms with Crippen LogP contribution >= 0.6 is 0 Å². The number of carboxylic acids is 1. The van der Waals surface area contributed by atoms with Gasteiger partial charge in [-0.1, -0.05) is 84.9 Å². The molecule has 2 atom stereocenters. The number of hydrogen-bond acceptors (Lipinski definition) is 5. The highest BCUT2D eigenvalue weighted by Gasteiger charge is 2.31. The van der Waals surface area contributed by atoms with Crippen molar-refractivity contribution in [1.82, 2.24) is 10.6 Å². The van der Waals surface area contributed by atoms with Crippen LogP contribution in [0.2, 0.25) is 0 Å². The van der Waals surface area contributed by atoms with Gasteiger partial charge in [0.2, 0.25) is 5.91 Å². The predicted octanol–water partition coefficient (Wildman–Crippen LogP) is 4.26. The van der Waals surface area contributed by atoms with Gasteiger partial charge in [-0.15, -0.1) is 0 Å². The van der Waals surface area contributed by atoms with Gasteiger partial charge in [-0.2, -0.15) is 0 Å². The summed E-state index contributed by atoms with van der Waals surface area (Å²) in [6, 6.07) is 24.5. The van der Waals surface area contributed by atoms with Crippen LogP contribution in [0.5, 0.6) is 0 Å². The minimum Gasteiger partial charge on any atom is -0.478 e. The molecule has 1 aliphatic rings. The number of carbonyl (C=O) groups excluding carboxylic acids is 2. The number of fused-ring (bicyclic) bond motifs is 3. The molecule has 0 bridgehead atoms. The maximum Gasteiger partial charge on any atom is 0.407 e. The van der Waals surface area contributed by atoms with Crippen molar-refractivity contribution in [2.24, 2.45) is 0 Å². The Kier molecular flexibility index (Phi) is 8.89. The maximum atomic E-state index is 12.9. The van der Waals surface area contributed by atoms with Crippen molar-refractivity contribution in [1.29, 1.82) is 0 Å². The normalized spacial score (nSPS) is 13.8. The first-order chi connectivity index (χ1) is 18.4. The van der Waals surface area contributed by atoms with E-state index in [2.05, 4.69) is 22.8 Å². The van der Waals surface area contributed by atoms with Gasteiger partial charge in [0.1, 0.15) is 12.6 Å². The molecule has 4 rings (SSSR count). The average molecular weight is 515 g/mol. The lowest BCUT2D eigenvalue weighted by Gasteiger charge is -2.25. The maximum absolute atomic E-state index is 12.9. The van der Waals surface area contributed by atoms with Crippen LogP contribution in [0.4, 0.5) is 4.79 Å². The van der Waals surface area contributed by atoms with E-state index >= 15 is 0 Å². The number of nitrogens with one attached hydrogen (secondary N) is 2. The van der Waals surface area contributed by atoms with E-state index in [-0.39, 0.29) is 25.7 Å². The van der Waals surface area contributed by atoms with Gasteiger partial charge in [-0.05, 0) is 34.7 Å². The Hall–Kier alpha value is -4.43. The molecule has 3 N–H and O–H groups in total. The van der Waals surface area contributed by atoms with Gasteiger partial charge in [0.15, 0.2) is 0 Å². The van der Waals surface area contributed by atoms with Crippen molar-refractivity contribution >= 4 is 18.0 Å². The fourth-order valence-electron chi connectivity index (χ4n) is 4.49. The molecule has 8 heteroatoms. The van der Waals surface area contributed by atoms with Gasteiger partial charge in [0, 0.05) is 18.5 Å². The fourth-order valence-corrected chi connectivity index (χ4v) is 4.49. The minimum atomic E-state index is -1.12. The number of hydrogen-bond donors (Lipinski definition) is 3. The number of rotatable bonds is 11. The first-order valence-corrected chi connectivity index (χ1v) is 12.4. The third-order valence-corrected chi connectivity index (χ3v) is 6.38. The second-order valence-corrected chi connectivity index (χ2v) is 8.94. The van der Waals surface area contributed by atoms with Crippen molar-refractivity contribution < 1.29 is 29.0 Å². The van der Waals surface area contributed by atoms with Crippen molar-refractivity contribution in [3.63, 3.8) is 0 Å². The second-order valence-electron chi connectivity index (χ2n) is 8.94. The van der Waals surface area contributed by atoms with E-state index in [9.17, 15) is 14.4 Å².